The molecule has 13 heavy (non-hydrogen) atoms. The van der Waals surface area contributed by atoms with E-state index in [4.69, 9.17) is 8.42 Å². The van der Waals surface area contributed by atoms with Crippen molar-refractivity contribution in [3.63, 3.8) is 0 Å². The van der Waals surface area contributed by atoms with Crippen molar-refractivity contribution in [2.45, 2.75) is 19.3 Å². The molecule has 0 bridgehead atoms. The summed E-state index contributed by atoms with van der Waals surface area (Å²) in [4.78, 5) is 0. The first-order valence-corrected chi connectivity index (χ1v) is 5.40. The van der Waals surface area contributed by atoms with Crippen LogP contribution in [0.15, 0.2) is 0 Å². The third kappa shape index (κ3) is 12.2. The summed E-state index contributed by atoms with van der Waals surface area (Å²) in [5, 5.41) is 4.06. The summed E-state index contributed by atoms with van der Waals surface area (Å²) in [5.74, 6) is 0. The molecule has 2 N–H and O–H groups in total. The van der Waals surface area contributed by atoms with Crippen molar-refractivity contribution in [3.05, 3.63) is 0 Å². The van der Waals surface area contributed by atoms with Crippen LogP contribution >= 0.6 is 0 Å². The quantitative estimate of drug-likeness (QED) is 0.339. The van der Waals surface area contributed by atoms with Gasteiger partial charge in [0.05, 0.1) is 27.2 Å². The highest BCUT2D eigenvalue weighted by molar-refractivity contribution is 7.69. The number of thiol groups is 1. The summed E-state index contributed by atoms with van der Waals surface area (Å²) >= 11 is 0. The molecule has 0 aliphatic carbocycles. The maximum atomic E-state index is 8.81. The maximum absolute atomic E-state index is 8.81. The van der Waals surface area contributed by atoms with E-state index in [9.17, 15) is 0 Å². The van der Waals surface area contributed by atoms with E-state index < -0.39 is 10.9 Å². The Morgan fingerprint density at radius 3 is 1.54 bits per heavy atom. The molecule has 0 aromatic rings. The van der Waals surface area contributed by atoms with Gasteiger partial charge in [0.2, 0.25) is 0 Å². The van der Waals surface area contributed by atoms with E-state index in [0.29, 0.717) is 0 Å². The lowest BCUT2D eigenvalue weighted by atomic mass is 10.1. The van der Waals surface area contributed by atoms with Gasteiger partial charge in [0.25, 0.3) is 0 Å². The number of hydrogen-bond acceptors (Lipinski definition) is 2. The van der Waals surface area contributed by atoms with Gasteiger partial charge >= 0.3 is 0 Å². The molecule has 0 aromatic carbocycles. The molecule has 1 fully saturated rings. The summed E-state index contributed by atoms with van der Waals surface area (Å²) in [7, 11) is 2.02. The fourth-order valence-electron chi connectivity index (χ4n) is 1.37. The smallest absolute Gasteiger partial charge is 0.198 e. The minimum absolute atomic E-state index is 0. The molecule has 1 saturated heterocycles. The van der Waals surface area contributed by atoms with Gasteiger partial charge in [-0.3, -0.25) is 0 Å². The molecule has 0 saturated carbocycles. The molecule has 0 radical (unpaired) electrons. The van der Waals surface area contributed by atoms with E-state index in [-0.39, 0.29) is 12.4 Å². The van der Waals surface area contributed by atoms with E-state index in [1.807, 2.05) is 0 Å². The van der Waals surface area contributed by atoms with Crippen LogP contribution in [-0.4, -0.2) is 40.1 Å². The normalized spacial score (nSPS) is 19.7. The SMILES string of the molecule is C[N+]1(C)CCCCC1.N[SH](=O)=O.[Cl-]. The molecular weight excluding hydrogens is 212 g/mol. The second-order valence-corrected chi connectivity index (χ2v) is 4.30. The minimum atomic E-state index is -2.62. The predicted molar refractivity (Wildman–Crippen MR) is 50.2 cm³/mol. The Kier molecular flexibility index (Phi) is 9.08. The van der Waals surface area contributed by atoms with Crippen LogP contribution in [0, 0.1) is 0 Å². The van der Waals surface area contributed by atoms with E-state index in [1.54, 1.807) is 0 Å². The first-order valence-electron chi connectivity index (χ1n) is 4.15. The van der Waals surface area contributed by atoms with Gasteiger partial charge in [0.1, 0.15) is 0 Å². The Balaban J connectivity index is 0. The van der Waals surface area contributed by atoms with Gasteiger partial charge in [-0.1, -0.05) is 0 Å². The molecule has 1 rings (SSSR count). The van der Waals surface area contributed by atoms with Crippen LogP contribution in [0.3, 0.4) is 0 Å². The van der Waals surface area contributed by atoms with Crippen LogP contribution in [0.25, 0.3) is 0 Å². The largest absolute Gasteiger partial charge is 1.00 e. The van der Waals surface area contributed by atoms with Crippen LogP contribution in [-0.2, 0) is 10.9 Å². The van der Waals surface area contributed by atoms with Crippen LogP contribution < -0.4 is 17.5 Å². The number of nitrogens with zero attached hydrogens (tertiary/aromatic N) is 1. The van der Waals surface area contributed by atoms with Crippen molar-refractivity contribution < 1.29 is 25.3 Å². The van der Waals surface area contributed by atoms with E-state index in [1.165, 1.54) is 36.8 Å². The zero-order valence-corrected chi connectivity index (χ0v) is 9.85. The molecular formula is C7H19ClN2O2S. The van der Waals surface area contributed by atoms with Crippen LogP contribution in [0.2, 0.25) is 0 Å². The third-order valence-electron chi connectivity index (χ3n) is 2.03. The molecule has 1 aliphatic heterocycles. The van der Waals surface area contributed by atoms with Crippen LogP contribution in [0.5, 0.6) is 0 Å². The summed E-state index contributed by atoms with van der Waals surface area (Å²) in [6.07, 6.45) is 4.34. The van der Waals surface area contributed by atoms with Gasteiger partial charge in [0, 0.05) is 0 Å². The highest BCUT2D eigenvalue weighted by Crippen LogP contribution is 2.12. The number of likely N-dealkylation sites (tertiary alicyclic amines) is 1. The Morgan fingerprint density at radius 2 is 1.38 bits per heavy atom. The number of quaternary nitrogens is 1. The fraction of sp³-hybridized carbons (Fsp3) is 1.00. The number of nitrogens with two attached hydrogens (primary N) is 1. The zero-order valence-electron chi connectivity index (χ0n) is 8.20. The van der Waals surface area contributed by atoms with Gasteiger partial charge in [-0.25, -0.2) is 13.6 Å². The average Bonchev–Trinajstić information content (AvgIpc) is 1.85. The highest BCUT2D eigenvalue weighted by atomic mass is 35.5. The molecule has 82 valence electrons. The molecule has 0 spiro atoms. The molecule has 1 aliphatic rings. The second-order valence-electron chi connectivity index (χ2n) is 3.73. The van der Waals surface area contributed by atoms with Gasteiger partial charge in [-0.05, 0) is 19.3 Å². The van der Waals surface area contributed by atoms with Gasteiger partial charge in [-0.15, -0.1) is 0 Å². The highest BCUT2D eigenvalue weighted by Gasteiger charge is 2.17. The van der Waals surface area contributed by atoms with Crippen LogP contribution in [0.4, 0.5) is 0 Å². The Labute approximate surface area is 88.2 Å². The standard InChI is InChI=1S/C7H16N.ClH.H3NO2S/c1-8(2)6-4-3-5-7-8;;1-4(2)3/h3-7H2,1-2H3;1H;4H,(H2,1,2,3)/q+1;;/p-1. The number of rotatable bonds is 0. The van der Waals surface area contributed by atoms with Gasteiger partial charge in [-0.2, -0.15) is 0 Å². The average molecular weight is 231 g/mol. The summed E-state index contributed by atoms with van der Waals surface area (Å²) in [6, 6.07) is 0. The van der Waals surface area contributed by atoms with Crippen molar-refractivity contribution >= 4 is 10.9 Å². The molecule has 0 amide bonds. The van der Waals surface area contributed by atoms with Crippen molar-refractivity contribution in [1.29, 1.82) is 0 Å². The predicted octanol–water partition coefficient (Wildman–Crippen LogP) is -3.28. The first-order chi connectivity index (χ1) is 5.44. The minimum Gasteiger partial charge on any atom is -1.00 e. The Morgan fingerprint density at radius 1 is 1.08 bits per heavy atom. The summed E-state index contributed by atoms with van der Waals surface area (Å²) in [6.45, 7) is 2.78. The molecule has 0 aromatic heterocycles. The lowest BCUT2D eigenvalue weighted by molar-refractivity contribution is -0.894. The van der Waals surface area contributed by atoms with Crippen LogP contribution in [0.1, 0.15) is 19.3 Å². The zero-order chi connectivity index (χ0) is 9.61. The van der Waals surface area contributed by atoms with E-state index >= 15 is 0 Å². The van der Waals surface area contributed by atoms with Gasteiger partial charge < -0.3 is 16.9 Å². The second kappa shape index (κ2) is 7.55. The van der Waals surface area contributed by atoms with Gasteiger partial charge in [0.15, 0.2) is 10.9 Å². The lowest BCUT2D eigenvalue weighted by Crippen LogP contribution is -3.00. The number of hydrogen-bond donors (Lipinski definition) is 2. The third-order valence-corrected chi connectivity index (χ3v) is 2.03. The van der Waals surface area contributed by atoms with Crippen molar-refractivity contribution in [1.82, 2.24) is 0 Å². The fourth-order valence-corrected chi connectivity index (χ4v) is 1.37. The number of piperidine rings is 1. The number of halogens is 1. The van der Waals surface area contributed by atoms with E-state index in [0.717, 1.165) is 0 Å². The Hall–Kier alpha value is 0.160. The molecule has 1 heterocycles. The molecule has 0 unspecified atom stereocenters. The molecule has 6 heteroatoms. The first kappa shape index (κ1) is 15.6. The van der Waals surface area contributed by atoms with Crippen molar-refractivity contribution in [2.75, 3.05) is 27.2 Å². The Bertz CT molecular complexity index is 179. The summed E-state index contributed by atoms with van der Waals surface area (Å²) in [5.41, 5.74) is 0. The van der Waals surface area contributed by atoms with Crippen molar-refractivity contribution in [2.24, 2.45) is 5.14 Å². The topological polar surface area (TPSA) is 60.2 Å². The van der Waals surface area contributed by atoms with Crippen molar-refractivity contribution in [3.8, 4) is 0 Å². The maximum Gasteiger partial charge on any atom is 0.198 e. The molecule has 0 atom stereocenters. The summed E-state index contributed by atoms with van der Waals surface area (Å²) < 4.78 is 18.9. The monoisotopic (exact) mass is 230 g/mol. The molecule has 4 nitrogen and oxygen atoms in total. The lowest BCUT2D eigenvalue weighted by Gasteiger charge is -2.33. The van der Waals surface area contributed by atoms with E-state index in [2.05, 4.69) is 19.2 Å².